The van der Waals surface area contributed by atoms with Crippen LogP contribution in [0.4, 0.5) is 0 Å². The molecule has 0 unspecified atom stereocenters. The van der Waals surface area contributed by atoms with Gasteiger partial charge in [-0.1, -0.05) is 83.5 Å². The lowest BCUT2D eigenvalue weighted by Gasteiger charge is -2.28. The first-order chi connectivity index (χ1) is 23.1. The Hall–Kier alpha value is 0.114. The molecule has 0 aliphatic heterocycles. The van der Waals surface area contributed by atoms with Crippen molar-refractivity contribution in [1.29, 1.82) is 0 Å². The molecule has 0 aromatic rings. The third-order valence-electron chi connectivity index (χ3n) is 8.57. The summed E-state index contributed by atoms with van der Waals surface area (Å²) in [6.45, 7) is 20.9. The maximum absolute atomic E-state index is 5.96. The van der Waals surface area contributed by atoms with Crippen molar-refractivity contribution in [2.75, 3.05) is 65.8 Å². The summed E-state index contributed by atoms with van der Waals surface area (Å²) in [5.74, 6) is 0. The van der Waals surface area contributed by atoms with Crippen LogP contribution in [0.5, 0.6) is 0 Å². The van der Waals surface area contributed by atoms with Crippen LogP contribution < -0.4 is 10.6 Å². The van der Waals surface area contributed by atoms with E-state index in [0.717, 1.165) is 24.9 Å². The molecule has 284 valence electrons. The van der Waals surface area contributed by atoms with E-state index in [1.165, 1.54) is 135 Å². The van der Waals surface area contributed by atoms with Gasteiger partial charge in [0, 0.05) is 51.7 Å². The van der Waals surface area contributed by atoms with E-state index in [4.69, 9.17) is 26.6 Å². The summed E-state index contributed by atoms with van der Waals surface area (Å²) in [5.41, 5.74) is 0. The molecule has 0 bridgehead atoms. The summed E-state index contributed by atoms with van der Waals surface area (Å²) in [6.07, 6.45) is 24.8. The zero-order valence-corrected chi connectivity index (χ0v) is 34.4. The van der Waals surface area contributed by atoms with Gasteiger partial charge in [0.1, 0.15) is 0 Å². The van der Waals surface area contributed by atoms with Gasteiger partial charge in [0.05, 0.1) is 0 Å². The molecule has 8 nitrogen and oxygen atoms in total. The quantitative estimate of drug-likeness (QED) is 0.0482. The molecule has 2 N–H and O–H groups in total. The zero-order valence-electron chi connectivity index (χ0n) is 32.4. The molecule has 0 amide bonds. The van der Waals surface area contributed by atoms with Gasteiger partial charge in [-0.2, -0.15) is 0 Å². The van der Waals surface area contributed by atoms with Gasteiger partial charge in [-0.05, 0) is 106 Å². The minimum atomic E-state index is -2.44. The van der Waals surface area contributed by atoms with E-state index in [2.05, 4.69) is 10.6 Å². The molecular formula is C37H82N2O6Si2. The molecule has 0 saturated heterocycles. The first kappa shape index (κ1) is 47.1. The van der Waals surface area contributed by atoms with Crippen molar-refractivity contribution >= 4 is 17.6 Å². The van der Waals surface area contributed by atoms with Crippen LogP contribution in [-0.4, -0.2) is 83.4 Å². The van der Waals surface area contributed by atoms with Gasteiger partial charge in [0.15, 0.2) is 0 Å². The number of hydrogen-bond acceptors (Lipinski definition) is 8. The summed E-state index contributed by atoms with van der Waals surface area (Å²) in [5, 5.41) is 7.31. The van der Waals surface area contributed by atoms with Gasteiger partial charge < -0.3 is 37.2 Å². The minimum Gasteiger partial charge on any atom is -0.374 e. The second kappa shape index (κ2) is 35.9. The first-order valence-electron chi connectivity index (χ1n) is 20.3. The fourth-order valence-electron chi connectivity index (χ4n) is 6.23. The molecule has 0 atom stereocenters. The van der Waals surface area contributed by atoms with Crippen molar-refractivity contribution in [2.24, 2.45) is 0 Å². The maximum atomic E-state index is 5.96. The topological polar surface area (TPSA) is 79.4 Å². The molecular weight excluding hydrogens is 625 g/mol. The van der Waals surface area contributed by atoms with E-state index < -0.39 is 17.6 Å². The fraction of sp³-hybridized carbons (Fsp3) is 1.00. The molecule has 0 aliphatic rings. The predicted molar refractivity (Wildman–Crippen MR) is 204 cm³/mol. The third-order valence-corrected chi connectivity index (χ3v) is 14.9. The van der Waals surface area contributed by atoms with Crippen molar-refractivity contribution in [2.45, 2.75) is 176 Å². The maximum Gasteiger partial charge on any atom is 0.500 e. The van der Waals surface area contributed by atoms with E-state index in [0.29, 0.717) is 39.6 Å². The van der Waals surface area contributed by atoms with Gasteiger partial charge in [-0.15, -0.1) is 0 Å². The summed E-state index contributed by atoms with van der Waals surface area (Å²) < 4.78 is 35.8. The number of hydrogen-bond donors (Lipinski definition) is 2. The van der Waals surface area contributed by atoms with Crippen LogP contribution in [0.25, 0.3) is 0 Å². The van der Waals surface area contributed by atoms with Gasteiger partial charge in [0.2, 0.25) is 0 Å². The molecule has 0 aromatic carbocycles. The Kier molecular flexibility index (Phi) is 36.0. The lowest BCUT2D eigenvalue weighted by atomic mass is 10.1. The second-order valence-electron chi connectivity index (χ2n) is 12.7. The monoisotopic (exact) mass is 707 g/mol. The molecule has 0 spiro atoms. The molecule has 0 saturated carbocycles. The average molecular weight is 707 g/mol. The van der Waals surface area contributed by atoms with E-state index in [1.54, 1.807) is 0 Å². The highest BCUT2D eigenvalue weighted by atomic mass is 28.4. The smallest absolute Gasteiger partial charge is 0.374 e. The Morgan fingerprint density at radius 1 is 0.277 bits per heavy atom. The Labute approximate surface area is 295 Å². The average Bonchev–Trinajstić information content (AvgIpc) is 3.05. The lowest BCUT2D eigenvalue weighted by Crippen LogP contribution is -2.45. The highest BCUT2D eigenvalue weighted by Crippen LogP contribution is 2.22. The van der Waals surface area contributed by atoms with E-state index in [9.17, 15) is 0 Å². The summed E-state index contributed by atoms with van der Waals surface area (Å²) in [4.78, 5) is 0. The first-order valence-corrected chi connectivity index (χ1v) is 24.2. The summed E-state index contributed by atoms with van der Waals surface area (Å²) >= 11 is 0. The van der Waals surface area contributed by atoms with Crippen molar-refractivity contribution in [3.8, 4) is 0 Å². The highest BCUT2D eigenvalue weighted by Gasteiger charge is 2.40. The predicted octanol–water partition coefficient (Wildman–Crippen LogP) is 9.67. The van der Waals surface area contributed by atoms with Crippen LogP contribution in [0.15, 0.2) is 0 Å². The third kappa shape index (κ3) is 28.5. The van der Waals surface area contributed by atoms with Crippen molar-refractivity contribution < 1.29 is 26.6 Å². The standard InChI is InChI=1S/C37H82N2O6Si2/c1-7-40-46(41-8-2,42-9-3)36-30-24-17-13-15-20-26-32-38-34-28-22-19-23-29-35-39-33-27-21-16-14-18-25-31-37-47(43-10-4,44-11-5)45-12-6/h38-39H,7-37H2,1-6H3. The fourth-order valence-corrected chi connectivity index (χ4v) is 11.6. The van der Waals surface area contributed by atoms with Gasteiger partial charge >= 0.3 is 17.6 Å². The molecule has 47 heavy (non-hydrogen) atoms. The highest BCUT2D eigenvalue weighted by molar-refractivity contribution is 6.61. The molecule has 0 aromatic heterocycles. The Morgan fingerprint density at radius 3 is 0.681 bits per heavy atom. The zero-order chi connectivity index (χ0) is 34.6. The SMILES string of the molecule is CCO[Si](CCCCCCCCCNCCCCCCCNCCCCCCCCC[Si](OCC)(OCC)OCC)(OCC)OCC. The minimum absolute atomic E-state index is 0.672. The van der Waals surface area contributed by atoms with Gasteiger partial charge in [-0.25, -0.2) is 0 Å². The van der Waals surface area contributed by atoms with Crippen molar-refractivity contribution in [3.63, 3.8) is 0 Å². The van der Waals surface area contributed by atoms with Crippen LogP contribution in [0, 0.1) is 0 Å². The molecule has 0 radical (unpaired) electrons. The van der Waals surface area contributed by atoms with Gasteiger partial charge in [0.25, 0.3) is 0 Å². The van der Waals surface area contributed by atoms with Crippen LogP contribution in [0.1, 0.15) is 164 Å². The lowest BCUT2D eigenvalue weighted by molar-refractivity contribution is 0.0698. The van der Waals surface area contributed by atoms with Crippen LogP contribution in [-0.2, 0) is 26.6 Å². The molecule has 0 fully saturated rings. The molecule has 10 heteroatoms. The van der Waals surface area contributed by atoms with Crippen molar-refractivity contribution in [1.82, 2.24) is 10.6 Å². The molecule has 0 aliphatic carbocycles. The number of rotatable bonds is 40. The van der Waals surface area contributed by atoms with Crippen LogP contribution >= 0.6 is 0 Å². The Morgan fingerprint density at radius 2 is 0.468 bits per heavy atom. The summed E-state index contributed by atoms with van der Waals surface area (Å²) in [7, 11) is -4.88. The number of nitrogens with one attached hydrogen (secondary N) is 2. The van der Waals surface area contributed by atoms with E-state index >= 15 is 0 Å². The van der Waals surface area contributed by atoms with Crippen LogP contribution in [0.2, 0.25) is 12.1 Å². The largest absolute Gasteiger partial charge is 0.500 e. The Balaban J connectivity index is 3.41. The molecule has 0 rings (SSSR count). The van der Waals surface area contributed by atoms with E-state index in [-0.39, 0.29) is 0 Å². The Bertz CT molecular complexity index is 539. The van der Waals surface area contributed by atoms with Crippen molar-refractivity contribution in [3.05, 3.63) is 0 Å². The normalized spacial score (nSPS) is 12.4. The van der Waals surface area contributed by atoms with Crippen LogP contribution in [0.3, 0.4) is 0 Å². The molecule has 0 heterocycles. The van der Waals surface area contributed by atoms with Gasteiger partial charge in [-0.3, -0.25) is 0 Å². The van der Waals surface area contributed by atoms with E-state index in [1.807, 2.05) is 41.5 Å². The second-order valence-corrected chi connectivity index (χ2v) is 18.1. The number of unbranched alkanes of at least 4 members (excludes halogenated alkanes) is 16. The summed E-state index contributed by atoms with van der Waals surface area (Å²) in [6, 6.07) is 1.91.